The first-order chi connectivity index (χ1) is 18.3. The van der Waals surface area contributed by atoms with Gasteiger partial charge in [0.1, 0.15) is 11.4 Å². The number of carbonyl (C=O) groups is 2. The highest BCUT2D eigenvalue weighted by atomic mass is 16.2. The summed E-state index contributed by atoms with van der Waals surface area (Å²) in [7, 11) is 0. The molecule has 1 aliphatic rings. The number of nitrogens with zero attached hydrogens (tertiary/aromatic N) is 4. The van der Waals surface area contributed by atoms with Crippen molar-refractivity contribution >= 4 is 35.0 Å². The normalized spacial score (nSPS) is 14.5. The third-order valence-electron chi connectivity index (χ3n) is 6.92. The van der Waals surface area contributed by atoms with Gasteiger partial charge < -0.3 is 20.9 Å². The Labute approximate surface area is 230 Å². The molecule has 9 heteroatoms. The van der Waals surface area contributed by atoms with Crippen LogP contribution >= 0.6 is 0 Å². The van der Waals surface area contributed by atoms with Gasteiger partial charge in [-0.3, -0.25) is 14.6 Å². The number of aromatic nitrogens is 3. The SMILES string of the molecule is CC(=O)N1CCc2cc(Nc3ncc(C(=O)NC(C)C)c(Nc4ccnc(C(C)(C)C)c4)n3)ccc2C1(C)C. The van der Waals surface area contributed by atoms with Crippen LogP contribution < -0.4 is 16.0 Å². The Morgan fingerprint density at radius 1 is 1.03 bits per heavy atom. The Morgan fingerprint density at radius 3 is 2.41 bits per heavy atom. The highest BCUT2D eigenvalue weighted by Gasteiger charge is 2.36. The molecule has 1 aromatic carbocycles. The predicted octanol–water partition coefficient (Wildman–Crippen LogP) is 5.43. The van der Waals surface area contributed by atoms with E-state index in [1.54, 1.807) is 13.1 Å². The Bertz CT molecular complexity index is 1390. The lowest BCUT2D eigenvalue weighted by Gasteiger charge is -2.43. The van der Waals surface area contributed by atoms with E-state index >= 15 is 0 Å². The summed E-state index contributed by atoms with van der Waals surface area (Å²) in [4.78, 5) is 40.7. The van der Waals surface area contributed by atoms with Gasteiger partial charge in [0.15, 0.2) is 0 Å². The van der Waals surface area contributed by atoms with Crippen LogP contribution in [0.5, 0.6) is 0 Å². The number of anilines is 4. The molecule has 0 saturated carbocycles. The second-order valence-corrected chi connectivity index (χ2v) is 11.9. The van der Waals surface area contributed by atoms with Crippen LogP contribution in [0.2, 0.25) is 0 Å². The number of pyridine rings is 1. The summed E-state index contributed by atoms with van der Waals surface area (Å²) in [5, 5.41) is 9.53. The van der Waals surface area contributed by atoms with Gasteiger partial charge in [-0.05, 0) is 69.5 Å². The minimum Gasteiger partial charge on any atom is -0.350 e. The first kappa shape index (κ1) is 28.0. The van der Waals surface area contributed by atoms with Gasteiger partial charge >= 0.3 is 0 Å². The molecule has 3 heterocycles. The van der Waals surface area contributed by atoms with E-state index in [9.17, 15) is 9.59 Å². The molecule has 0 fully saturated rings. The molecule has 0 bridgehead atoms. The van der Waals surface area contributed by atoms with Crippen molar-refractivity contribution in [3.63, 3.8) is 0 Å². The lowest BCUT2D eigenvalue weighted by Crippen LogP contribution is -2.49. The first-order valence-electron chi connectivity index (χ1n) is 13.4. The van der Waals surface area contributed by atoms with Crippen LogP contribution in [0.1, 0.15) is 82.6 Å². The van der Waals surface area contributed by atoms with Crippen molar-refractivity contribution in [2.45, 2.75) is 78.8 Å². The van der Waals surface area contributed by atoms with E-state index in [4.69, 9.17) is 4.98 Å². The van der Waals surface area contributed by atoms with Crippen molar-refractivity contribution in [2.24, 2.45) is 0 Å². The van der Waals surface area contributed by atoms with Crippen molar-refractivity contribution in [1.82, 2.24) is 25.2 Å². The minimum atomic E-state index is -0.382. The highest BCUT2D eigenvalue weighted by molar-refractivity contribution is 5.99. The van der Waals surface area contributed by atoms with E-state index in [1.165, 1.54) is 11.8 Å². The maximum Gasteiger partial charge on any atom is 0.256 e. The highest BCUT2D eigenvalue weighted by Crippen LogP contribution is 2.36. The average Bonchev–Trinajstić information content (AvgIpc) is 2.83. The third-order valence-corrected chi connectivity index (χ3v) is 6.92. The quantitative estimate of drug-likeness (QED) is 0.390. The minimum absolute atomic E-state index is 0.0322. The molecule has 2 amide bonds. The van der Waals surface area contributed by atoms with E-state index in [2.05, 4.69) is 72.7 Å². The zero-order chi connectivity index (χ0) is 28.5. The standard InChI is InChI=1S/C30H39N7O2/c1-18(2)33-27(39)23-17-32-28(36-26(23)34-22-11-13-31-25(16-22)29(4,5)6)35-21-9-10-24-20(15-21)12-14-37(19(3)38)30(24,7)8/h9-11,13,15-18H,12,14H2,1-8H3,(H,33,39)(H2,31,32,34,35,36). The van der Waals surface area contributed by atoms with Gasteiger partial charge in [-0.15, -0.1) is 0 Å². The van der Waals surface area contributed by atoms with Gasteiger partial charge in [0.2, 0.25) is 11.9 Å². The third kappa shape index (κ3) is 6.19. The fourth-order valence-corrected chi connectivity index (χ4v) is 4.91. The Kier molecular flexibility index (Phi) is 7.63. The molecule has 1 aliphatic heterocycles. The molecule has 206 valence electrons. The number of benzene rings is 1. The maximum atomic E-state index is 13.0. The molecule has 0 atom stereocenters. The van der Waals surface area contributed by atoms with Crippen LogP contribution in [0.25, 0.3) is 0 Å². The fraction of sp³-hybridized carbons (Fsp3) is 0.433. The molecule has 0 spiro atoms. The van der Waals surface area contributed by atoms with Gasteiger partial charge in [-0.1, -0.05) is 26.8 Å². The van der Waals surface area contributed by atoms with Crippen molar-refractivity contribution in [3.8, 4) is 0 Å². The average molecular weight is 530 g/mol. The molecule has 3 aromatic rings. The summed E-state index contributed by atoms with van der Waals surface area (Å²) >= 11 is 0. The van der Waals surface area contributed by atoms with E-state index in [0.29, 0.717) is 23.9 Å². The molecule has 39 heavy (non-hydrogen) atoms. The predicted molar refractivity (Wildman–Crippen MR) is 155 cm³/mol. The Morgan fingerprint density at radius 2 is 1.74 bits per heavy atom. The molecule has 0 aliphatic carbocycles. The van der Waals surface area contributed by atoms with Crippen LogP contribution in [0.3, 0.4) is 0 Å². The van der Waals surface area contributed by atoms with Gasteiger partial charge in [0.05, 0.1) is 5.54 Å². The van der Waals surface area contributed by atoms with Crippen LogP contribution in [0.15, 0.2) is 42.7 Å². The Hall–Kier alpha value is -4.01. The van der Waals surface area contributed by atoms with Crippen molar-refractivity contribution in [1.29, 1.82) is 0 Å². The van der Waals surface area contributed by atoms with Gasteiger partial charge in [0.25, 0.3) is 5.91 Å². The van der Waals surface area contributed by atoms with Crippen LogP contribution in [-0.4, -0.2) is 44.3 Å². The zero-order valence-electron chi connectivity index (χ0n) is 24.1. The van der Waals surface area contributed by atoms with E-state index in [-0.39, 0.29) is 28.8 Å². The lowest BCUT2D eigenvalue weighted by atomic mass is 9.83. The van der Waals surface area contributed by atoms with Crippen molar-refractivity contribution in [3.05, 3.63) is 65.1 Å². The van der Waals surface area contributed by atoms with Gasteiger partial charge in [0, 0.05) is 54.4 Å². The number of hydrogen-bond donors (Lipinski definition) is 3. The summed E-state index contributed by atoms with van der Waals surface area (Å²) in [6.07, 6.45) is 4.06. The second kappa shape index (κ2) is 10.6. The molecule has 3 N–H and O–H groups in total. The number of fused-ring (bicyclic) bond motifs is 1. The fourth-order valence-electron chi connectivity index (χ4n) is 4.91. The second-order valence-electron chi connectivity index (χ2n) is 11.9. The van der Waals surface area contributed by atoms with Crippen LogP contribution in [-0.2, 0) is 22.2 Å². The molecular formula is C30H39N7O2. The molecule has 0 unspecified atom stereocenters. The molecular weight excluding hydrogens is 490 g/mol. The molecule has 0 radical (unpaired) electrons. The molecule has 2 aromatic heterocycles. The van der Waals surface area contributed by atoms with Crippen molar-refractivity contribution < 1.29 is 9.59 Å². The largest absolute Gasteiger partial charge is 0.350 e. The summed E-state index contributed by atoms with van der Waals surface area (Å²) in [5.41, 5.74) is 4.69. The van der Waals surface area contributed by atoms with E-state index < -0.39 is 0 Å². The number of rotatable bonds is 6. The molecule has 0 saturated heterocycles. The van der Waals surface area contributed by atoms with Crippen LogP contribution in [0.4, 0.5) is 23.1 Å². The lowest BCUT2D eigenvalue weighted by molar-refractivity contribution is -0.135. The van der Waals surface area contributed by atoms with Crippen LogP contribution in [0, 0.1) is 0 Å². The summed E-state index contributed by atoms with van der Waals surface area (Å²) < 4.78 is 0. The summed E-state index contributed by atoms with van der Waals surface area (Å²) in [6, 6.07) is 9.90. The zero-order valence-corrected chi connectivity index (χ0v) is 24.1. The summed E-state index contributed by atoms with van der Waals surface area (Å²) in [6.45, 7) is 16.6. The van der Waals surface area contributed by atoms with E-state index in [1.807, 2.05) is 36.9 Å². The smallest absolute Gasteiger partial charge is 0.256 e. The Balaban J connectivity index is 1.65. The molecule has 9 nitrogen and oxygen atoms in total. The van der Waals surface area contributed by atoms with Gasteiger partial charge in [-0.25, -0.2) is 4.98 Å². The first-order valence-corrected chi connectivity index (χ1v) is 13.4. The topological polar surface area (TPSA) is 112 Å². The van der Waals surface area contributed by atoms with Gasteiger partial charge in [-0.2, -0.15) is 4.98 Å². The van der Waals surface area contributed by atoms with Crippen molar-refractivity contribution in [2.75, 3.05) is 17.2 Å². The summed E-state index contributed by atoms with van der Waals surface area (Å²) in [5.74, 6) is 0.582. The molecule has 4 rings (SSSR count). The van der Waals surface area contributed by atoms with E-state index in [0.717, 1.165) is 29.1 Å². The number of carbonyl (C=O) groups excluding carboxylic acids is 2. The number of hydrogen-bond acceptors (Lipinski definition) is 7. The number of amides is 2. The monoisotopic (exact) mass is 529 g/mol. The maximum absolute atomic E-state index is 13.0. The number of nitrogens with one attached hydrogen (secondary N) is 3.